The molecule has 0 saturated carbocycles. The van der Waals surface area contributed by atoms with Crippen molar-refractivity contribution in [2.75, 3.05) is 0 Å². The Morgan fingerprint density at radius 1 is 0.593 bits per heavy atom. The third kappa shape index (κ3) is 2.22. The van der Waals surface area contributed by atoms with Crippen LogP contribution in [0.25, 0.3) is 43.1 Å². The topological polar surface area (TPSA) is 0 Å². The number of rotatable bonds is 2. The van der Waals surface area contributed by atoms with Gasteiger partial charge in [0, 0.05) is 0 Å². The molecule has 0 amide bonds. The van der Waals surface area contributed by atoms with E-state index in [2.05, 4.69) is 89.2 Å². The summed E-state index contributed by atoms with van der Waals surface area (Å²) in [5.41, 5.74) is 4.30. The van der Waals surface area contributed by atoms with Crippen LogP contribution in [0.4, 0.5) is 0 Å². The minimum Gasteiger partial charge on any atom is -0.0610 e. The Balaban J connectivity index is 2.19. The number of hydrogen-bond donors (Lipinski definition) is 0. The molecule has 0 unspecified atom stereocenters. The summed E-state index contributed by atoms with van der Waals surface area (Å²) < 4.78 is 0. The SMILES string of the molecule is Cc1cc(C(C)C)c2cc(C(C)C)cc3c4cccc5cccc(c1c23)c54. The summed E-state index contributed by atoms with van der Waals surface area (Å²) in [6.45, 7) is 11.5. The van der Waals surface area contributed by atoms with Gasteiger partial charge < -0.3 is 0 Å². The molecular formula is C27H26. The van der Waals surface area contributed by atoms with Gasteiger partial charge in [-0.25, -0.2) is 0 Å². The molecule has 0 nitrogen and oxygen atoms in total. The van der Waals surface area contributed by atoms with E-state index in [0.29, 0.717) is 11.8 Å². The molecular weight excluding hydrogens is 324 g/mol. The van der Waals surface area contributed by atoms with Gasteiger partial charge in [-0.15, -0.1) is 0 Å². The van der Waals surface area contributed by atoms with E-state index in [0.717, 1.165) is 0 Å². The Labute approximate surface area is 161 Å². The predicted molar refractivity (Wildman–Crippen MR) is 121 cm³/mol. The molecule has 0 fully saturated rings. The van der Waals surface area contributed by atoms with Gasteiger partial charge in [-0.3, -0.25) is 0 Å². The fourth-order valence-corrected chi connectivity index (χ4v) is 4.89. The first-order chi connectivity index (χ1) is 13.0. The Morgan fingerprint density at radius 2 is 1.26 bits per heavy atom. The molecule has 0 heterocycles. The van der Waals surface area contributed by atoms with Crippen LogP contribution in [0.2, 0.25) is 0 Å². The summed E-state index contributed by atoms with van der Waals surface area (Å²) in [4.78, 5) is 0. The summed E-state index contributed by atoms with van der Waals surface area (Å²) in [5.74, 6) is 1.03. The third-order valence-corrected chi connectivity index (χ3v) is 6.24. The largest absolute Gasteiger partial charge is 0.0610 e. The summed E-state index contributed by atoms with van der Waals surface area (Å²) in [7, 11) is 0. The molecule has 0 radical (unpaired) electrons. The Kier molecular flexibility index (Phi) is 3.49. The fourth-order valence-electron chi connectivity index (χ4n) is 4.89. The molecule has 0 N–H and O–H groups in total. The molecule has 5 rings (SSSR count). The molecule has 27 heavy (non-hydrogen) atoms. The zero-order chi connectivity index (χ0) is 18.9. The van der Waals surface area contributed by atoms with Crippen LogP contribution in [0.3, 0.4) is 0 Å². The molecule has 0 saturated heterocycles. The van der Waals surface area contributed by atoms with Gasteiger partial charge in [0.25, 0.3) is 0 Å². The molecule has 0 aromatic heterocycles. The van der Waals surface area contributed by atoms with E-state index >= 15 is 0 Å². The van der Waals surface area contributed by atoms with Gasteiger partial charge in [0.2, 0.25) is 0 Å². The molecule has 0 atom stereocenters. The lowest BCUT2D eigenvalue weighted by Gasteiger charge is -2.21. The number of benzene rings is 5. The molecule has 5 aromatic rings. The standard InChI is InChI=1S/C27H26/c1-15(2)19-13-23-20-10-6-8-18-9-7-11-21(26(18)20)25-17(5)12-22(16(3)4)24(14-19)27(23)25/h6-16H,1-5H3. The van der Waals surface area contributed by atoms with Crippen molar-refractivity contribution >= 4 is 43.1 Å². The zero-order valence-corrected chi connectivity index (χ0v) is 16.9. The Hall–Kier alpha value is -2.60. The molecule has 0 aliphatic heterocycles. The predicted octanol–water partition coefficient (Wildman–Crippen LogP) is 8.29. The lowest BCUT2D eigenvalue weighted by Crippen LogP contribution is -1.98. The third-order valence-electron chi connectivity index (χ3n) is 6.24. The van der Waals surface area contributed by atoms with E-state index in [1.807, 2.05) is 0 Å². The van der Waals surface area contributed by atoms with Crippen molar-refractivity contribution in [2.45, 2.75) is 46.5 Å². The van der Waals surface area contributed by atoms with Crippen LogP contribution in [-0.4, -0.2) is 0 Å². The first-order valence-electron chi connectivity index (χ1n) is 10.1. The van der Waals surface area contributed by atoms with Crippen LogP contribution in [0.1, 0.15) is 56.2 Å². The van der Waals surface area contributed by atoms with Crippen LogP contribution in [0.5, 0.6) is 0 Å². The highest BCUT2D eigenvalue weighted by molar-refractivity contribution is 6.34. The highest BCUT2D eigenvalue weighted by atomic mass is 14.2. The zero-order valence-electron chi connectivity index (χ0n) is 16.9. The smallest absolute Gasteiger partial charge is 0.00206 e. The van der Waals surface area contributed by atoms with Crippen LogP contribution in [0.15, 0.2) is 54.6 Å². The van der Waals surface area contributed by atoms with Crippen molar-refractivity contribution in [3.63, 3.8) is 0 Å². The molecule has 0 bridgehead atoms. The summed E-state index contributed by atoms with van der Waals surface area (Å²) in [6.07, 6.45) is 0. The summed E-state index contributed by atoms with van der Waals surface area (Å²) >= 11 is 0. The second-order valence-electron chi connectivity index (χ2n) is 8.67. The minimum atomic E-state index is 0.515. The van der Waals surface area contributed by atoms with Crippen LogP contribution >= 0.6 is 0 Å². The maximum atomic E-state index is 2.45. The summed E-state index contributed by atoms with van der Waals surface area (Å²) in [6, 6.07) is 20.9. The molecule has 0 heteroatoms. The van der Waals surface area contributed by atoms with E-state index in [9.17, 15) is 0 Å². The monoisotopic (exact) mass is 350 g/mol. The molecule has 5 aromatic carbocycles. The minimum absolute atomic E-state index is 0.515. The van der Waals surface area contributed by atoms with Crippen LogP contribution < -0.4 is 0 Å². The van der Waals surface area contributed by atoms with Gasteiger partial charge in [-0.2, -0.15) is 0 Å². The van der Waals surface area contributed by atoms with Crippen molar-refractivity contribution in [3.8, 4) is 0 Å². The number of hydrogen-bond acceptors (Lipinski definition) is 0. The van der Waals surface area contributed by atoms with Crippen LogP contribution in [0, 0.1) is 6.92 Å². The first kappa shape index (κ1) is 16.6. The maximum Gasteiger partial charge on any atom is -0.00206 e. The second kappa shape index (κ2) is 5.70. The lowest BCUT2D eigenvalue weighted by molar-refractivity contribution is 0.863. The second-order valence-corrected chi connectivity index (χ2v) is 8.67. The van der Waals surface area contributed by atoms with Crippen molar-refractivity contribution in [1.82, 2.24) is 0 Å². The van der Waals surface area contributed by atoms with E-state index in [4.69, 9.17) is 0 Å². The molecule has 0 aliphatic rings. The van der Waals surface area contributed by atoms with Gasteiger partial charge >= 0.3 is 0 Å². The average molecular weight is 351 g/mol. The van der Waals surface area contributed by atoms with E-state index in [1.54, 1.807) is 0 Å². The molecule has 0 spiro atoms. The van der Waals surface area contributed by atoms with Gasteiger partial charge in [-0.1, -0.05) is 82.3 Å². The van der Waals surface area contributed by atoms with E-state index < -0.39 is 0 Å². The van der Waals surface area contributed by atoms with E-state index in [-0.39, 0.29) is 0 Å². The normalized spacial score (nSPS) is 12.6. The van der Waals surface area contributed by atoms with Crippen molar-refractivity contribution in [2.24, 2.45) is 0 Å². The average Bonchev–Trinajstić information content (AvgIpc) is 2.65. The Bertz CT molecular complexity index is 1310. The van der Waals surface area contributed by atoms with Gasteiger partial charge in [0.1, 0.15) is 0 Å². The van der Waals surface area contributed by atoms with Gasteiger partial charge in [-0.05, 0) is 78.5 Å². The highest BCUT2D eigenvalue weighted by Crippen LogP contribution is 2.44. The van der Waals surface area contributed by atoms with Gasteiger partial charge in [0.05, 0.1) is 0 Å². The van der Waals surface area contributed by atoms with Crippen molar-refractivity contribution < 1.29 is 0 Å². The number of fused-ring (bicyclic) bond motifs is 2. The first-order valence-corrected chi connectivity index (χ1v) is 10.1. The molecule has 134 valence electrons. The van der Waals surface area contributed by atoms with Crippen molar-refractivity contribution in [1.29, 1.82) is 0 Å². The highest BCUT2D eigenvalue weighted by Gasteiger charge is 2.19. The maximum absolute atomic E-state index is 2.45. The Morgan fingerprint density at radius 3 is 1.93 bits per heavy atom. The fraction of sp³-hybridized carbons (Fsp3) is 0.259. The quantitative estimate of drug-likeness (QED) is 0.222. The number of aryl methyl sites for hydroxylation is 1. The van der Waals surface area contributed by atoms with Gasteiger partial charge in [0.15, 0.2) is 0 Å². The lowest BCUT2D eigenvalue weighted by atomic mass is 9.82. The molecule has 0 aliphatic carbocycles. The van der Waals surface area contributed by atoms with E-state index in [1.165, 1.54) is 59.8 Å². The summed E-state index contributed by atoms with van der Waals surface area (Å²) in [5, 5.41) is 11.3. The van der Waals surface area contributed by atoms with Crippen molar-refractivity contribution in [3.05, 3.63) is 71.3 Å². The van der Waals surface area contributed by atoms with Crippen LogP contribution in [-0.2, 0) is 0 Å².